The van der Waals surface area contributed by atoms with E-state index in [-0.39, 0.29) is 0 Å². The molecular weight excluding hydrogens is 229 g/mol. The van der Waals surface area contributed by atoms with E-state index in [1.807, 2.05) is 0 Å². The Balaban J connectivity index is 1.73. The van der Waals surface area contributed by atoms with Crippen LogP contribution in [0.5, 0.6) is 0 Å². The molecule has 16 heavy (non-hydrogen) atoms. The molecule has 0 atom stereocenters. The van der Waals surface area contributed by atoms with Crippen molar-refractivity contribution in [2.45, 2.75) is 19.3 Å². The van der Waals surface area contributed by atoms with Gasteiger partial charge in [-0.1, -0.05) is 0 Å². The van der Waals surface area contributed by atoms with Crippen LogP contribution >= 0.6 is 7.51 Å². The van der Waals surface area contributed by atoms with Crippen LogP contribution in [-0.2, 0) is 18.1 Å². The van der Waals surface area contributed by atoms with Gasteiger partial charge in [-0.25, -0.2) is 0 Å². The van der Waals surface area contributed by atoms with Crippen LogP contribution in [0.25, 0.3) is 0 Å². The molecule has 6 heteroatoms. The van der Waals surface area contributed by atoms with Gasteiger partial charge < -0.3 is 0 Å². The van der Waals surface area contributed by atoms with E-state index in [0.717, 1.165) is 13.1 Å². The third kappa shape index (κ3) is 1.90. The van der Waals surface area contributed by atoms with Crippen molar-refractivity contribution in [3.8, 4) is 0 Å². The van der Waals surface area contributed by atoms with Crippen molar-refractivity contribution >= 4 is 7.51 Å². The van der Waals surface area contributed by atoms with E-state index < -0.39 is 7.51 Å². The van der Waals surface area contributed by atoms with Gasteiger partial charge in [0.15, 0.2) is 0 Å². The van der Waals surface area contributed by atoms with Crippen LogP contribution in [0, 0.1) is 0 Å². The molecule has 0 aliphatic carbocycles. The van der Waals surface area contributed by atoms with Crippen LogP contribution in [0.3, 0.4) is 0 Å². The summed E-state index contributed by atoms with van der Waals surface area (Å²) in [5, 5.41) is 0. The van der Waals surface area contributed by atoms with Gasteiger partial charge in [-0.05, 0) is 0 Å². The van der Waals surface area contributed by atoms with Crippen molar-refractivity contribution in [1.29, 1.82) is 0 Å². The number of piperidine rings is 1. The number of hydrogen-bond acceptors (Lipinski definition) is 5. The standard InChI is InChI=1S/C10H20NO4P/c1-2-4-11(5-3-1)10-16(12-6-7-13-16)14-8-9-15-16/h1-10H2. The van der Waals surface area contributed by atoms with E-state index in [1.165, 1.54) is 19.3 Å². The van der Waals surface area contributed by atoms with Gasteiger partial charge in [0.1, 0.15) is 0 Å². The van der Waals surface area contributed by atoms with Gasteiger partial charge in [-0.15, -0.1) is 0 Å². The second-order valence-electron chi connectivity index (χ2n) is 4.62. The molecule has 3 aliphatic rings. The first kappa shape index (κ1) is 11.3. The fourth-order valence-electron chi connectivity index (χ4n) is 2.67. The van der Waals surface area contributed by atoms with Gasteiger partial charge in [-0.3, -0.25) is 0 Å². The molecule has 5 nitrogen and oxygen atoms in total. The average molecular weight is 249 g/mol. The minimum absolute atomic E-state index is 0.603. The zero-order chi connectivity index (χ0) is 10.9. The molecule has 0 N–H and O–H groups in total. The molecule has 3 aliphatic heterocycles. The van der Waals surface area contributed by atoms with Crippen molar-refractivity contribution in [3.05, 3.63) is 0 Å². The summed E-state index contributed by atoms with van der Waals surface area (Å²) < 4.78 is 23.3. The Kier molecular flexibility index (Phi) is 2.94. The van der Waals surface area contributed by atoms with Crippen molar-refractivity contribution in [2.24, 2.45) is 0 Å². The fourth-order valence-corrected chi connectivity index (χ4v) is 6.09. The van der Waals surface area contributed by atoms with Crippen LogP contribution in [0.4, 0.5) is 0 Å². The summed E-state index contributed by atoms with van der Waals surface area (Å²) in [5.41, 5.74) is 0. The van der Waals surface area contributed by atoms with Crippen molar-refractivity contribution in [1.82, 2.24) is 4.90 Å². The molecule has 94 valence electrons. The molecule has 3 rings (SSSR count). The van der Waals surface area contributed by atoms with Gasteiger partial charge in [-0.2, -0.15) is 0 Å². The van der Waals surface area contributed by atoms with Gasteiger partial charge >= 0.3 is 95.6 Å². The maximum absolute atomic E-state index is 5.81. The zero-order valence-electron chi connectivity index (χ0n) is 9.60. The summed E-state index contributed by atoms with van der Waals surface area (Å²) in [5.74, 6) is 0. The van der Waals surface area contributed by atoms with Gasteiger partial charge in [0.05, 0.1) is 0 Å². The van der Waals surface area contributed by atoms with Crippen molar-refractivity contribution in [2.75, 3.05) is 45.8 Å². The third-order valence-corrected chi connectivity index (χ3v) is 7.00. The second-order valence-corrected chi connectivity index (χ2v) is 7.86. The van der Waals surface area contributed by atoms with Crippen molar-refractivity contribution < 1.29 is 18.1 Å². The molecule has 0 aromatic carbocycles. The minimum atomic E-state index is -3.16. The molecule has 0 amide bonds. The Morgan fingerprint density at radius 2 is 1.25 bits per heavy atom. The molecule has 0 bridgehead atoms. The van der Waals surface area contributed by atoms with Crippen LogP contribution in [0.2, 0.25) is 0 Å². The molecule has 0 aromatic rings. The maximum atomic E-state index is 5.81. The van der Waals surface area contributed by atoms with Gasteiger partial charge in [0.2, 0.25) is 0 Å². The van der Waals surface area contributed by atoms with Gasteiger partial charge in [0.25, 0.3) is 0 Å². The van der Waals surface area contributed by atoms with Crippen LogP contribution in [0.15, 0.2) is 0 Å². The Bertz CT molecular complexity index is 234. The van der Waals surface area contributed by atoms with Crippen LogP contribution in [0.1, 0.15) is 19.3 Å². The fraction of sp³-hybridized carbons (Fsp3) is 1.00. The first-order chi connectivity index (χ1) is 7.81. The van der Waals surface area contributed by atoms with Crippen LogP contribution < -0.4 is 0 Å². The second kappa shape index (κ2) is 4.16. The van der Waals surface area contributed by atoms with E-state index in [1.54, 1.807) is 0 Å². The summed E-state index contributed by atoms with van der Waals surface area (Å²) >= 11 is 0. The first-order valence-electron chi connectivity index (χ1n) is 6.15. The predicted molar refractivity (Wildman–Crippen MR) is 61.0 cm³/mol. The Morgan fingerprint density at radius 3 is 1.75 bits per heavy atom. The Morgan fingerprint density at radius 1 is 0.750 bits per heavy atom. The first-order valence-corrected chi connectivity index (χ1v) is 8.24. The quantitative estimate of drug-likeness (QED) is 0.697. The monoisotopic (exact) mass is 249 g/mol. The average Bonchev–Trinajstić information content (AvgIpc) is 2.91. The molecule has 0 saturated carbocycles. The Labute approximate surface area is 96.2 Å². The van der Waals surface area contributed by atoms with Gasteiger partial charge in [0, 0.05) is 0 Å². The summed E-state index contributed by atoms with van der Waals surface area (Å²) in [4.78, 5) is 2.37. The molecule has 3 heterocycles. The van der Waals surface area contributed by atoms with Crippen molar-refractivity contribution in [3.63, 3.8) is 0 Å². The van der Waals surface area contributed by atoms with E-state index in [4.69, 9.17) is 18.1 Å². The molecule has 3 fully saturated rings. The van der Waals surface area contributed by atoms with E-state index in [2.05, 4.69) is 4.90 Å². The van der Waals surface area contributed by atoms with E-state index in [9.17, 15) is 0 Å². The summed E-state index contributed by atoms with van der Waals surface area (Å²) in [7, 11) is -3.16. The van der Waals surface area contributed by atoms with E-state index in [0.29, 0.717) is 32.7 Å². The Hall–Kier alpha value is 0.230. The SMILES string of the molecule is C1CCN(CP23(OCCO2)OCCO3)CC1. The molecular formula is C10H20NO4P. The number of hydrogen-bond donors (Lipinski definition) is 0. The molecule has 0 unspecified atom stereocenters. The molecule has 0 radical (unpaired) electrons. The molecule has 0 aromatic heterocycles. The number of likely N-dealkylation sites (tertiary alicyclic amines) is 1. The molecule has 3 saturated heterocycles. The molecule has 1 spiro atoms. The van der Waals surface area contributed by atoms with Crippen LogP contribution in [-0.4, -0.2) is 50.7 Å². The summed E-state index contributed by atoms with van der Waals surface area (Å²) in [6.07, 6.45) is 4.54. The topological polar surface area (TPSA) is 40.2 Å². The number of rotatable bonds is 2. The summed E-state index contributed by atoms with van der Waals surface area (Å²) in [6, 6.07) is 0. The zero-order valence-corrected chi connectivity index (χ0v) is 10.5. The summed E-state index contributed by atoms with van der Waals surface area (Å²) in [6.45, 7) is 4.63. The predicted octanol–water partition coefficient (Wildman–Crippen LogP) is 1.74. The normalized spacial score (nSPS) is 36.1. The van der Waals surface area contributed by atoms with E-state index >= 15 is 0 Å². The number of nitrogens with zero attached hydrogens (tertiary/aromatic N) is 1. The third-order valence-electron chi connectivity index (χ3n) is 3.41.